The zero-order valence-electron chi connectivity index (χ0n) is 20.6. The zero-order valence-corrected chi connectivity index (χ0v) is 20.6. The number of urea groups is 1. The van der Waals surface area contributed by atoms with E-state index in [2.05, 4.69) is 23.7 Å². The third-order valence-corrected chi connectivity index (χ3v) is 6.71. The number of rotatable bonds is 7. The summed E-state index contributed by atoms with van der Waals surface area (Å²) in [6, 6.07) is 6.49. The van der Waals surface area contributed by atoms with Crippen LogP contribution in [-0.2, 0) is 16.9 Å². The number of benzene rings is 1. The number of carbonyl (C=O) groups excluding carboxylic acids is 3. The van der Waals surface area contributed by atoms with E-state index in [4.69, 9.17) is 9.47 Å². The molecule has 4 rings (SSSR count). The number of aryl methyl sites for hydroxylation is 1. The van der Waals surface area contributed by atoms with Crippen LogP contribution in [0.15, 0.2) is 24.3 Å². The van der Waals surface area contributed by atoms with Gasteiger partial charge in [-0.15, -0.1) is 0 Å². The fourth-order valence-corrected chi connectivity index (χ4v) is 4.55. The maximum Gasteiger partial charge on any atom is 0.325 e. The second kappa shape index (κ2) is 9.16. The van der Waals surface area contributed by atoms with Crippen LogP contribution >= 0.6 is 0 Å². The van der Waals surface area contributed by atoms with Crippen molar-refractivity contribution in [2.24, 2.45) is 5.92 Å². The summed E-state index contributed by atoms with van der Waals surface area (Å²) in [7, 11) is 0. The minimum Gasteiger partial charge on any atom is -0.490 e. The molecule has 1 N–H and O–H groups in total. The Morgan fingerprint density at radius 2 is 1.82 bits per heavy atom. The summed E-state index contributed by atoms with van der Waals surface area (Å²) < 4.78 is 13.5. The molecule has 0 saturated carbocycles. The molecule has 2 aromatic rings. The van der Waals surface area contributed by atoms with E-state index < -0.39 is 17.5 Å². The average Bonchev–Trinajstić information content (AvgIpc) is 3.06. The Kier molecular flexibility index (Phi) is 6.43. The lowest BCUT2D eigenvalue weighted by atomic mass is 9.91. The predicted molar refractivity (Wildman–Crippen MR) is 127 cm³/mol. The molecule has 3 amide bonds. The molecule has 1 fully saturated rings. The normalized spacial score (nSPS) is 20.0. The molecule has 1 aromatic heterocycles. The van der Waals surface area contributed by atoms with E-state index in [1.807, 2.05) is 19.9 Å². The van der Waals surface area contributed by atoms with E-state index in [0.29, 0.717) is 41.8 Å². The van der Waals surface area contributed by atoms with Crippen LogP contribution in [0, 0.1) is 19.8 Å². The van der Waals surface area contributed by atoms with E-state index >= 15 is 0 Å². The number of ether oxygens (including phenoxy) is 2. The molecule has 2 aliphatic rings. The van der Waals surface area contributed by atoms with Crippen LogP contribution in [0.1, 0.15) is 60.9 Å². The summed E-state index contributed by atoms with van der Waals surface area (Å²) in [6.45, 7) is 11.5. The number of hydrogen-bond acceptors (Lipinski definition) is 5. The van der Waals surface area contributed by atoms with Crippen molar-refractivity contribution < 1.29 is 23.9 Å². The first-order valence-electron chi connectivity index (χ1n) is 11.9. The van der Waals surface area contributed by atoms with Crippen molar-refractivity contribution in [1.29, 1.82) is 0 Å². The van der Waals surface area contributed by atoms with Crippen LogP contribution in [0.25, 0.3) is 0 Å². The van der Waals surface area contributed by atoms with Crippen molar-refractivity contribution >= 4 is 17.7 Å². The number of nitrogens with one attached hydrogen (secondary N) is 1. The largest absolute Gasteiger partial charge is 0.490 e. The minimum absolute atomic E-state index is 0.254. The van der Waals surface area contributed by atoms with Crippen molar-refractivity contribution in [1.82, 2.24) is 14.8 Å². The van der Waals surface area contributed by atoms with Gasteiger partial charge in [0.25, 0.3) is 5.91 Å². The summed E-state index contributed by atoms with van der Waals surface area (Å²) in [5.41, 5.74) is 1.69. The molecule has 0 spiro atoms. The molecule has 8 heteroatoms. The monoisotopic (exact) mass is 467 g/mol. The molecule has 3 heterocycles. The van der Waals surface area contributed by atoms with Gasteiger partial charge >= 0.3 is 6.03 Å². The number of amides is 3. The van der Waals surface area contributed by atoms with Gasteiger partial charge in [-0.25, -0.2) is 4.79 Å². The Hall–Kier alpha value is -3.29. The maximum atomic E-state index is 13.4. The lowest BCUT2D eigenvalue weighted by Gasteiger charge is -2.23. The second-order valence-electron chi connectivity index (χ2n) is 9.70. The predicted octanol–water partition coefficient (Wildman–Crippen LogP) is 3.96. The molecule has 1 atom stereocenters. The number of hydrogen-bond donors (Lipinski definition) is 1. The molecule has 8 nitrogen and oxygen atoms in total. The van der Waals surface area contributed by atoms with Gasteiger partial charge in [-0.3, -0.25) is 14.5 Å². The molecule has 0 bridgehead atoms. The van der Waals surface area contributed by atoms with E-state index in [0.717, 1.165) is 35.7 Å². The van der Waals surface area contributed by atoms with E-state index in [9.17, 15) is 14.4 Å². The fourth-order valence-electron chi connectivity index (χ4n) is 4.55. The molecule has 1 saturated heterocycles. The van der Waals surface area contributed by atoms with Crippen molar-refractivity contribution in [2.75, 3.05) is 19.8 Å². The maximum absolute atomic E-state index is 13.4. The average molecular weight is 468 g/mol. The highest BCUT2D eigenvalue weighted by Gasteiger charge is 2.50. The van der Waals surface area contributed by atoms with Crippen LogP contribution in [-0.4, -0.2) is 46.9 Å². The summed E-state index contributed by atoms with van der Waals surface area (Å²) in [5.74, 6) is 0.987. The van der Waals surface area contributed by atoms with Crippen LogP contribution in [0.4, 0.5) is 4.79 Å². The van der Waals surface area contributed by atoms with Gasteiger partial charge in [0.2, 0.25) is 0 Å². The number of aromatic nitrogens is 1. The zero-order chi connectivity index (χ0) is 24.6. The number of carbonyl (C=O) groups is 3. The van der Waals surface area contributed by atoms with Crippen molar-refractivity contribution in [3.63, 3.8) is 0 Å². The van der Waals surface area contributed by atoms with Gasteiger partial charge in [-0.2, -0.15) is 0 Å². The van der Waals surface area contributed by atoms with Crippen LogP contribution in [0.5, 0.6) is 11.5 Å². The first-order chi connectivity index (χ1) is 16.1. The van der Waals surface area contributed by atoms with E-state index in [1.54, 1.807) is 25.1 Å². The second-order valence-corrected chi connectivity index (χ2v) is 9.70. The Bertz CT molecular complexity index is 1140. The topological polar surface area (TPSA) is 89.9 Å². The Morgan fingerprint density at radius 1 is 1.12 bits per heavy atom. The molecule has 182 valence electrons. The summed E-state index contributed by atoms with van der Waals surface area (Å²) in [4.78, 5) is 40.4. The Morgan fingerprint density at radius 3 is 2.53 bits per heavy atom. The number of imide groups is 1. The molecular weight excluding hydrogens is 434 g/mol. The molecule has 1 aromatic carbocycles. The van der Waals surface area contributed by atoms with Crippen LogP contribution in [0.3, 0.4) is 0 Å². The number of ketones is 1. The lowest BCUT2D eigenvalue weighted by Crippen LogP contribution is -2.41. The number of fused-ring (bicyclic) bond motifs is 1. The van der Waals surface area contributed by atoms with E-state index in [-0.39, 0.29) is 12.3 Å². The van der Waals surface area contributed by atoms with Gasteiger partial charge in [0, 0.05) is 29.9 Å². The number of nitrogens with zero attached hydrogens (tertiary/aromatic N) is 2. The first kappa shape index (κ1) is 23.9. The van der Waals surface area contributed by atoms with Crippen LogP contribution < -0.4 is 14.8 Å². The SMILES string of the molecule is Cc1cc(C(=O)CN2C(=O)NC(C)(c3ccc4c(c3)OCCCO4)C2=O)c(C)n1CCC(C)C. The van der Waals surface area contributed by atoms with Gasteiger partial charge in [-0.05, 0) is 56.9 Å². The molecule has 34 heavy (non-hydrogen) atoms. The summed E-state index contributed by atoms with van der Waals surface area (Å²) in [5, 5.41) is 2.77. The van der Waals surface area contributed by atoms with Crippen molar-refractivity contribution in [3.05, 3.63) is 46.8 Å². The Balaban J connectivity index is 1.54. The molecule has 1 unspecified atom stereocenters. The highest BCUT2D eigenvalue weighted by atomic mass is 16.5. The highest BCUT2D eigenvalue weighted by Crippen LogP contribution is 2.36. The first-order valence-corrected chi connectivity index (χ1v) is 11.9. The molecule has 0 radical (unpaired) electrons. The summed E-state index contributed by atoms with van der Waals surface area (Å²) >= 11 is 0. The van der Waals surface area contributed by atoms with Gasteiger partial charge in [0.15, 0.2) is 17.3 Å². The molecule has 2 aliphatic heterocycles. The lowest BCUT2D eigenvalue weighted by molar-refractivity contribution is -0.130. The van der Waals surface area contributed by atoms with Gasteiger partial charge in [0.1, 0.15) is 5.54 Å². The van der Waals surface area contributed by atoms with E-state index in [1.165, 1.54) is 0 Å². The quantitative estimate of drug-likeness (QED) is 0.492. The third-order valence-electron chi connectivity index (χ3n) is 6.71. The third kappa shape index (κ3) is 4.29. The standard InChI is InChI=1S/C26H33N3O5/c1-16(2)9-10-28-17(3)13-20(18(28)4)21(30)15-29-24(31)26(5,27-25(29)32)19-7-8-22-23(14-19)34-12-6-11-33-22/h7-8,13-14,16H,6,9-12,15H2,1-5H3,(H,27,32). The van der Waals surface area contributed by atoms with Gasteiger partial charge in [0.05, 0.1) is 19.8 Å². The Labute approximate surface area is 200 Å². The smallest absolute Gasteiger partial charge is 0.325 e. The van der Waals surface area contributed by atoms with Crippen molar-refractivity contribution in [2.45, 2.75) is 59.5 Å². The number of Topliss-reactive ketones (excluding diaryl/α,β-unsaturated/α-hetero) is 1. The molecular formula is C26H33N3O5. The van der Waals surface area contributed by atoms with Gasteiger partial charge < -0.3 is 19.4 Å². The highest BCUT2D eigenvalue weighted by molar-refractivity contribution is 6.11. The minimum atomic E-state index is -1.30. The molecule has 0 aliphatic carbocycles. The van der Waals surface area contributed by atoms with Gasteiger partial charge in [-0.1, -0.05) is 19.9 Å². The summed E-state index contributed by atoms with van der Waals surface area (Å²) in [6.07, 6.45) is 1.77. The van der Waals surface area contributed by atoms with Crippen molar-refractivity contribution in [3.8, 4) is 11.5 Å². The fraction of sp³-hybridized carbons (Fsp3) is 0.500. The van der Waals surface area contributed by atoms with Crippen LogP contribution in [0.2, 0.25) is 0 Å².